The Balaban J connectivity index is 1.40. The Kier molecular flexibility index (Phi) is 3.55. The Morgan fingerprint density at radius 1 is 1.00 bits per heavy atom. The van der Waals surface area contributed by atoms with Gasteiger partial charge < -0.3 is 10.1 Å². The van der Waals surface area contributed by atoms with Gasteiger partial charge in [-0.05, 0) is 66.5 Å². The van der Waals surface area contributed by atoms with E-state index < -0.39 is 0 Å². The number of hydrogen-bond donors (Lipinski definition) is 1. The molecule has 4 heteroatoms. The third-order valence-corrected chi connectivity index (χ3v) is 6.31. The average molecular weight is 385 g/mol. The van der Waals surface area contributed by atoms with E-state index in [1.54, 1.807) is 0 Å². The number of fused-ring (bicyclic) bond motifs is 5. The van der Waals surface area contributed by atoms with Crippen molar-refractivity contribution < 1.29 is 4.74 Å². The first kappa shape index (κ1) is 14.8. The molecular weight excluding hydrogens is 364 g/mol. The predicted molar refractivity (Wildman–Crippen MR) is 99.2 cm³/mol. The number of anilines is 1. The van der Waals surface area contributed by atoms with Crippen LogP contribution in [0, 0.1) is 11.8 Å². The van der Waals surface area contributed by atoms with Gasteiger partial charge in [-0.1, -0.05) is 34.8 Å². The molecule has 3 atom stereocenters. The molecule has 3 nitrogen and oxygen atoms in total. The van der Waals surface area contributed by atoms with Crippen molar-refractivity contribution >= 4 is 21.7 Å². The normalized spacial score (nSPS) is 27.1. The number of hydrogen-bond acceptors (Lipinski definition) is 3. The zero-order valence-corrected chi connectivity index (χ0v) is 15.2. The van der Waals surface area contributed by atoms with E-state index in [4.69, 9.17) is 9.72 Å². The highest BCUT2D eigenvalue weighted by Crippen LogP contribution is 2.43. The summed E-state index contributed by atoms with van der Waals surface area (Å²) in [6, 6.07) is 11.2. The second kappa shape index (κ2) is 5.76. The van der Waals surface area contributed by atoms with Gasteiger partial charge in [0.1, 0.15) is 12.4 Å². The maximum atomic E-state index is 5.92. The fourth-order valence-corrected chi connectivity index (χ4v) is 5.17. The lowest BCUT2D eigenvalue weighted by Gasteiger charge is -2.29. The van der Waals surface area contributed by atoms with Crippen LogP contribution in [-0.2, 0) is 6.61 Å². The van der Waals surface area contributed by atoms with Gasteiger partial charge in [-0.15, -0.1) is 0 Å². The summed E-state index contributed by atoms with van der Waals surface area (Å²) in [6.45, 7) is 0.589. The minimum absolute atomic E-state index is 0.577. The molecule has 2 heterocycles. The highest BCUT2D eigenvalue weighted by molar-refractivity contribution is 9.10. The standard InChI is InChI=1S/C20H21BrN2O/c21-15-3-4-17-14(10-15)11-24-20-18(17)5-6-19(23-20)22-16-8-12-1-2-13(7-12)9-16/h3-6,10,12-13,16H,1-2,7-9,11H2,(H,22,23)/t12-,13+,16+. The number of nitrogens with zero attached hydrogens (tertiary/aromatic N) is 1. The minimum atomic E-state index is 0.577. The molecule has 2 aromatic rings. The lowest BCUT2D eigenvalue weighted by molar-refractivity contribution is 0.290. The van der Waals surface area contributed by atoms with E-state index in [-0.39, 0.29) is 0 Å². The maximum Gasteiger partial charge on any atom is 0.223 e. The van der Waals surface area contributed by atoms with Crippen LogP contribution in [0.1, 0.15) is 37.7 Å². The summed E-state index contributed by atoms with van der Waals surface area (Å²) >= 11 is 3.53. The second-order valence-corrected chi connectivity index (χ2v) is 8.41. The summed E-state index contributed by atoms with van der Waals surface area (Å²) in [4.78, 5) is 4.75. The van der Waals surface area contributed by atoms with Crippen molar-refractivity contribution in [1.82, 2.24) is 4.98 Å². The topological polar surface area (TPSA) is 34.1 Å². The molecule has 24 heavy (non-hydrogen) atoms. The summed E-state index contributed by atoms with van der Waals surface area (Å²) in [6.07, 6.45) is 6.90. The number of rotatable bonds is 2. The van der Waals surface area contributed by atoms with Crippen LogP contribution < -0.4 is 10.1 Å². The van der Waals surface area contributed by atoms with Gasteiger partial charge in [-0.25, -0.2) is 0 Å². The molecule has 0 spiro atoms. The van der Waals surface area contributed by atoms with Gasteiger partial charge in [0.05, 0.1) is 0 Å². The number of ether oxygens (including phenoxy) is 1. The zero-order valence-electron chi connectivity index (χ0n) is 13.6. The fraction of sp³-hybridized carbons (Fsp3) is 0.450. The Morgan fingerprint density at radius 2 is 1.79 bits per heavy atom. The van der Waals surface area contributed by atoms with Crippen LogP contribution in [0.4, 0.5) is 5.82 Å². The molecular formula is C20H21BrN2O. The number of aromatic nitrogens is 1. The highest BCUT2D eigenvalue weighted by atomic mass is 79.9. The second-order valence-electron chi connectivity index (χ2n) is 7.50. The van der Waals surface area contributed by atoms with Gasteiger partial charge in [0.2, 0.25) is 5.88 Å². The summed E-state index contributed by atoms with van der Waals surface area (Å²) in [5.41, 5.74) is 3.54. The Hall–Kier alpha value is -1.55. The minimum Gasteiger partial charge on any atom is -0.472 e. The predicted octanol–water partition coefficient (Wildman–Crippen LogP) is 5.39. The lowest BCUT2D eigenvalue weighted by atomic mass is 9.85. The van der Waals surface area contributed by atoms with Crippen LogP contribution in [0.25, 0.3) is 11.1 Å². The summed E-state index contributed by atoms with van der Waals surface area (Å²) < 4.78 is 7.01. The van der Waals surface area contributed by atoms with Crippen LogP contribution in [0.5, 0.6) is 5.88 Å². The fourth-order valence-electron chi connectivity index (χ4n) is 4.76. The molecule has 2 saturated carbocycles. The molecule has 2 bridgehead atoms. The Morgan fingerprint density at radius 3 is 2.62 bits per heavy atom. The maximum absolute atomic E-state index is 5.92. The van der Waals surface area contributed by atoms with Crippen molar-refractivity contribution in [3.8, 4) is 17.0 Å². The molecule has 1 aromatic heterocycles. The first-order valence-electron chi connectivity index (χ1n) is 8.94. The van der Waals surface area contributed by atoms with Crippen LogP contribution >= 0.6 is 15.9 Å². The van der Waals surface area contributed by atoms with Crippen LogP contribution in [0.3, 0.4) is 0 Å². The molecule has 1 aliphatic heterocycles. The van der Waals surface area contributed by atoms with E-state index in [9.17, 15) is 0 Å². The summed E-state index contributed by atoms with van der Waals surface area (Å²) in [5.74, 6) is 3.58. The smallest absolute Gasteiger partial charge is 0.223 e. The SMILES string of the molecule is Brc1ccc2c(c1)COc1nc(N[C@H]3C[C@@H]4CC[C@@H](C4)C3)ccc1-2. The number of nitrogens with one attached hydrogen (secondary N) is 1. The molecule has 5 rings (SSSR count). The third-order valence-electron chi connectivity index (χ3n) is 5.82. The number of pyridine rings is 1. The first-order valence-corrected chi connectivity index (χ1v) is 9.73. The monoisotopic (exact) mass is 384 g/mol. The van der Waals surface area contributed by atoms with Crippen LogP contribution in [0.2, 0.25) is 0 Å². The van der Waals surface area contributed by atoms with Gasteiger partial charge in [0, 0.05) is 16.1 Å². The van der Waals surface area contributed by atoms with Gasteiger partial charge in [0.15, 0.2) is 0 Å². The van der Waals surface area contributed by atoms with E-state index in [1.807, 2.05) is 0 Å². The quantitative estimate of drug-likeness (QED) is 0.752. The average Bonchev–Trinajstić information content (AvgIpc) is 2.93. The van der Waals surface area contributed by atoms with Gasteiger partial charge in [0.25, 0.3) is 0 Å². The van der Waals surface area contributed by atoms with Gasteiger partial charge in [-0.2, -0.15) is 4.98 Å². The summed E-state index contributed by atoms with van der Waals surface area (Å²) in [7, 11) is 0. The molecule has 0 radical (unpaired) electrons. The van der Waals surface area contributed by atoms with E-state index >= 15 is 0 Å². The van der Waals surface area contributed by atoms with E-state index in [0.29, 0.717) is 12.6 Å². The van der Waals surface area contributed by atoms with E-state index in [2.05, 4.69) is 51.6 Å². The molecule has 2 aliphatic carbocycles. The van der Waals surface area contributed by atoms with Crippen molar-refractivity contribution in [3.63, 3.8) is 0 Å². The van der Waals surface area contributed by atoms with Crippen LogP contribution in [-0.4, -0.2) is 11.0 Å². The Labute approximate surface area is 151 Å². The van der Waals surface area contributed by atoms with Crippen molar-refractivity contribution in [2.24, 2.45) is 11.8 Å². The van der Waals surface area contributed by atoms with Crippen molar-refractivity contribution in [2.45, 2.75) is 44.8 Å². The number of halogens is 1. The molecule has 124 valence electrons. The molecule has 0 unspecified atom stereocenters. The van der Waals surface area contributed by atoms with Gasteiger partial charge >= 0.3 is 0 Å². The molecule has 2 fully saturated rings. The zero-order chi connectivity index (χ0) is 16.1. The largest absolute Gasteiger partial charge is 0.472 e. The van der Waals surface area contributed by atoms with Crippen LogP contribution in [0.15, 0.2) is 34.8 Å². The van der Waals surface area contributed by atoms with Crippen molar-refractivity contribution in [2.75, 3.05) is 5.32 Å². The van der Waals surface area contributed by atoms with Gasteiger partial charge in [-0.3, -0.25) is 0 Å². The molecule has 1 N–H and O–H groups in total. The summed E-state index contributed by atoms with van der Waals surface area (Å²) in [5, 5.41) is 3.67. The third kappa shape index (κ3) is 2.61. The molecule has 1 aromatic carbocycles. The highest BCUT2D eigenvalue weighted by Gasteiger charge is 2.34. The van der Waals surface area contributed by atoms with E-state index in [1.165, 1.54) is 43.2 Å². The first-order chi connectivity index (χ1) is 11.7. The molecule has 0 saturated heterocycles. The Bertz CT molecular complexity index is 779. The van der Waals surface area contributed by atoms with Crippen molar-refractivity contribution in [1.29, 1.82) is 0 Å². The lowest BCUT2D eigenvalue weighted by Crippen LogP contribution is -2.28. The molecule has 0 amide bonds. The van der Waals surface area contributed by atoms with Crippen molar-refractivity contribution in [3.05, 3.63) is 40.4 Å². The molecule has 3 aliphatic rings. The number of benzene rings is 1. The van der Waals surface area contributed by atoms with E-state index in [0.717, 1.165) is 33.6 Å².